The molecule has 8 heteroatoms. The molecule has 1 heterocycles. The Morgan fingerprint density at radius 3 is 2.23 bits per heavy atom. The van der Waals surface area contributed by atoms with E-state index in [9.17, 15) is 18.3 Å². The number of benzene rings is 2. The molecule has 1 aliphatic heterocycles. The van der Waals surface area contributed by atoms with E-state index in [1.54, 1.807) is 48.5 Å². The van der Waals surface area contributed by atoms with Gasteiger partial charge in [-0.1, -0.05) is 11.6 Å². The van der Waals surface area contributed by atoms with Crippen LogP contribution in [0.3, 0.4) is 0 Å². The van der Waals surface area contributed by atoms with Crippen molar-refractivity contribution in [2.45, 2.75) is 12.1 Å². The summed E-state index contributed by atoms with van der Waals surface area (Å²) in [6, 6.07) is 12.1. The number of halogens is 1. The molecule has 1 saturated heterocycles. The number of sulfone groups is 1. The summed E-state index contributed by atoms with van der Waals surface area (Å²) in [5, 5.41) is 10.8. The molecule has 0 spiro atoms. The van der Waals surface area contributed by atoms with Crippen molar-refractivity contribution in [3.8, 4) is 5.75 Å². The van der Waals surface area contributed by atoms with Crippen LogP contribution in [0.1, 0.15) is 10.4 Å². The van der Waals surface area contributed by atoms with Crippen LogP contribution >= 0.6 is 11.6 Å². The van der Waals surface area contributed by atoms with Crippen LogP contribution in [0.5, 0.6) is 5.75 Å². The van der Waals surface area contributed by atoms with Gasteiger partial charge in [-0.15, -0.1) is 0 Å². The highest BCUT2D eigenvalue weighted by molar-refractivity contribution is 7.91. The molecule has 1 fully saturated rings. The Labute approximate surface area is 156 Å². The quantitative estimate of drug-likeness (QED) is 0.857. The minimum Gasteiger partial charge on any atom is -0.497 e. The average Bonchev–Trinajstić information content (AvgIpc) is 2.88. The summed E-state index contributed by atoms with van der Waals surface area (Å²) in [5.41, 5.74) is 0.827. The Hall–Kier alpha value is -2.09. The smallest absolute Gasteiger partial charge is 0.258 e. The predicted octanol–water partition coefficient (Wildman–Crippen LogP) is 2.15. The fourth-order valence-corrected chi connectivity index (χ4v) is 4.89. The van der Waals surface area contributed by atoms with Crippen molar-refractivity contribution in [1.82, 2.24) is 0 Å². The van der Waals surface area contributed by atoms with Gasteiger partial charge in [0.25, 0.3) is 5.91 Å². The highest BCUT2D eigenvalue weighted by Gasteiger charge is 2.42. The molecule has 1 amide bonds. The number of amides is 1. The molecule has 138 valence electrons. The van der Waals surface area contributed by atoms with Crippen LogP contribution in [0.2, 0.25) is 5.02 Å². The topological polar surface area (TPSA) is 83.9 Å². The number of hydrogen-bond acceptors (Lipinski definition) is 5. The highest BCUT2D eigenvalue weighted by Crippen LogP contribution is 2.28. The lowest BCUT2D eigenvalue weighted by molar-refractivity contribution is 0.0945. The minimum absolute atomic E-state index is 0.292. The fraction of sp³-hybridized carbons (Fsp3) is 0.278. The molecule has 2 unspecified atom stereocenters. The van der Waals surface area contributed by atoms with Gasteiger partial charge in [-0.25, -0.2) is 8.42 Å². The van der Waals surface area contributed by atoms with Crippen molar-refractivity contribution in [1.29, 1.82) is 0 Å². The monoisotopic (exact) mass is 395 g/mol. The lowest BCUT2D eigenvalue weighted by Crippen LogP contribution is -2.47. The molecule has 0 aromatic heterocycles. The maximum atomic E-state index is 13.1. The molecular weight excluding hydrogens is 378 g/mol. The molecule has 2 aromatic carbocycles. The number of rotatable bonds is 4. The normalized spacial score (nSPS) is 21.3. The Balaban J connectivity index is 2.03. The van der Waals surface area contributed by atoms with Gasteiger partial charge in [0.1, 0.15) is 5.75 Å². The minimum atomic E-state index is -3.42. The van der Waals surface area contributed by atoms with Crippen molar-refractivity contribution in [2.24, 2.45) is 0 Å². The molecule has 0 aliphatic carbocycles. The number of nitrogens with zero attached hydrogens (tertiary/aromatic N) is 1. The first kappa shape index (κ1) is 18.7. The second-order valence-corrected chi connectivity index (χ2v) is 8.68. The first-order chi connectivity index (χ1) is 12.3. The molecule has 0 radical (unpaired) electrons. The van der Waals surface area contributed by atoms with Gasteiger partial charge in [0.15, 0.2) is 9.84 Å². The summed E-state index contributed by atoms with van der Waals surface area (Å²) < 4.78 is 29.0. The molecule has 2 atom stereocenters. The average molecular weight is 396 g/mol. The first-order valence-corrected chi connectivity index (χ1v) is 10.1. The van der Waals surface area contributed by atoms with Crippen molar-refractivity contribution >= 4 is 33.0 Å². The van der Waals surface area contributed by atoms with E-state index in [4.69, 9.17) is 16.3 Å². The van der Waals surface area contributed by atoms with E-state index in [1.165, 1.54) is 12.0 Å². The molecule has 6 nitrogen and oxygen atoms in total. The van der Waals surface area contributed by atoms with Crippen molar-refractivity contribution < 1.29 is 23.1 Å². The summed E-state index contributed by atoms with van der Waals surface area (Å²) in [4.78, 5) is 14.4. The van der Waals surface area contributed by atoms with Crippen LogP contribution in [0, 0.1) is 0 Å². The van der Waals surface area contributed by atoms with Crippen LogP contribution in [-0.4, -0.2) is 50.2 Å². The van der Waals surface area contributed by atoms with Crippen LogP contribution in [0.4, 0.5) is 5.69 Å². The predicted molar refractivity (Wildman–Crippen MR) is 99.7 cm³/mol. The van der Waals surface area contributed by atoms with E-state index in [0.29, 0.717) is 22.0 Å². The van der Waals surface area contributed by atoms with Crippen LogP contribution in [-0.2, 0) is 9.84 Å². The number of anilines is 1. The number of aliphatic hydroxyl groups is 1. The summed E-state index contributed by atoms with van der Waals surface area (Å²) in [7, 11) is -1.90. The van der Waals surface area contributed by atoms with E-state index in [-0.39, 0.29) is 11.5 Å². The first-order valence-electron chi connectivity index (χ1n) is 7.92. The molecule has 1 N–H and O–H groups in total. The van der Waals surface area contributed by atoms with Crippen molar-refractivity contribution in [2.75, 3.05) is 23.5 Å². The number of hydrogen-bond donors (Lipinski definition) is 1. The Kier molecular flexibility index (Phi) is 5.22. The third kappa shape index (κ3) is 3.85. The number of carbonyl (C=O) groups excluding carboxylic acids is 1. The van der Waals surface area contributed by atoms with Gasteiger partial charge in [-0.2, -0.15) is 0 Å². The number of ether oxygens (including phenoxy) is 1. The maximum Gasteiger partial charge on any atom is 0.258 e. The second-order valence-electron chi connectivity index (χ2n) is 6.09. The zero-order chi connectivity index (χ0) is 18.9. The number of methoxy groups -OCH3 is 1. The van der Waals surface area contributed by atoms with Gasteiger partial charge in [0, 0.05) is 16.3 Å². The maximum absolute atomic E-state index is 13.1. The lowest BCUT2D eigenvalue weighted by atomic mass is 10.1. The Bertz CT molecular complexity index is 896. The van der Waals surface area contributed by atoms with Gasteiger partial charge < -0.3 is 14.7 Å². The standard InChI is InChI=1S/C18H18ClNO5S/c1-25-15-8-6-14(7-9-15)20(16-10-26(23,24)11-17(16)21)18(22)12-2-4-13(19)5-3-12/h2-9,16-17,21H,10-11H2,1H3. The van der Waals surface area contributed by atoms with Crippen LogP contribution in [0.25, 0.3) is 0 Å². The second kappa shape index (κ2) is 7.26. The number of aliphatic hydroxyl groups excluding tert-OH is 1. The van der Waals surface area contributed by atoms with Crippen LogP contribution < -0.4 is 9.64 Å². The van der Waals surface area contributed by atoms with Crippen molar-refractivity contribution in [3.63, 3.8) is 0 Å². The van der Waals surface area contributed by atoms with Crippen molar-refractivity contribution in [3.05, 3.63) is 59.1 Å². The molecule has 0 saturated carbocycles. The van der Waals surface area contributed by atoms with Gasteiger partial charge in [0.05, 0.1) is 30.8 Å². The molecule has 3 rings (SSSR count). The third-order valence-electron chi connectivity index (χ3n) is 4.29. The van der Waals surface area contributed by atoms with E-state index < -0.39 is 27.9 Å². The summed E-state index contributed by atoms with van der Waals surface area (Å²) in [5.74, 6) is -0.460. The highest BCUT2D eigenvalue weighted by atomic mass is 35.5. The largest absolute Gasteiger partial charge is 0.497 e. The molecule has 1 aliphatic rings. The summed E-state index contributed by atoms with van der Waals surface area (Å²) >= 11 is 5.88. The van der Waals surface area contributed by atoms with Gasteiger partial charge in [-0.3, -0.25) is 4.79 Å². The SMILES string of the molecule is COc1ccc(N(C(=O)c2ccc(Cl)cc2)C2CS(=O)(=O)CC2O)cc1. The van der Waals surface area contributed by atoms with E-state index in [1.807, 2.05) is 0 Å². The van der Waals surface area contributed by atoms with E-state index >= 15 is 0 Å². The molecular formula is C18H18ClNO5S. The zero-order valence-corrected chi connectivity index (χ0v) is 15.6. The van der Waals surface area contributed by atoms with Crippen LogP contribution in [0.15, 0.2) is 48.5 Å². The van der Waals surface area contributed by atoms with Gasteiger partial charge >= 0.3 is 0 Å². The third-order valence-corrected chi connectivity index (χ3v) is 6.24. The number of carbonyl (C=O) groups is 1. The fourth-order valence-electron chi connectivity index (χ4n) is 2.99. The molecule has 2 aromatic rings. The van der Waals surface area contributed by atoms with E-state index in [0.717, 1.165) is 0 Å². The zero-order valence-electron chi connectivity index (χ0n) is 14.0. The van der Waals surface area contributed by atoms with E-state index in [2.05, 4.69) is 0 Å². The molecule has 26 heavy (non-hydrogen) atoms. The lowest BCUT2D eigenvalue weighted by Gasteiger charge is -2.30. The van der Waals surface area contributed by atoms with Gasteiger partial charge in [-0.05, 0) is 48.5 Å². The Morgan fingerprint density at radius 1 is 1.12 bits per heavy atom. The Morgan fingerprint density at radius 2 is 1.73 bits per heavy atom. The summed E-state index contributed by atoms with van der Waals surface area (Å²) in [6.07, 6.45) is -1.15. The van der Waals surface area contributed by atoms with Gasteiger partial charge in [0.2, 0.25) is 0 Å². The molecule has 0 bridgehead atoms. The summed E-state index contributed by atoms with van der Waals surface area (Å²) in [6.45, 7) is 0.